The van der Waals surface area contributed by atoms with Crippen molar-refractivity contribution in [2.24, 2.45) is 0 Å². The van der Waals surface area contributed by atoms with Gasteiger partial charge in [0.2, 0.25) is 0 Å². The lowest BCUT2D eigenvalue weighted by Gasteiger charge is -2.25. The van der Waals surface area contributed by atoms with Crippen molar-refractivity contribution in [1.82, 2.24) is 10.3 Å². The zero-order chi connectivity index (χ0) is 6.81. The summed E-state index contributed by atoms with van der Waals surface area (Å²) in [6.07, 6.45) is 3.20. The van der Waals surface area contributed by atoms with Gasteiger partial charge in [-0.05, 0) is 0 Å². The van der Waals surface area contributed by atoms with E-state index in [0.717, 1.165) is 13.1 Å². The van der Waals surface area contributed by atoms with Crippen LogP contribution >= 0.6 is 0 Å². The fourth-order valence-corrected chi connectivity index (χ4v) is 0.772. The maximum atomic E-state index is 5.30. The molecule has 0 bridgehead atoms. The summed E-state index contributed by atoms with van der Waals surface area (Å²) < 4.78 is 10.2. The molecule has 1 fully saturated rings. The number of oxazole rings is 1. The molecule has 0 aliphatic carbocycles. The summed E-state index contributed by atoms with van der Waals surface area (Å²) in [5.41, 5.74) is 0. The third-order valence-electron chi connectivity index (χ3n) is 1.44. The summed E-state index contributed by atoms with van der Waals surface area (Å²) >= 11 is 0. The summed E-state index contributed by atoms with van der Waals surface area (Å²) in [6, 6.07) is 0. The topological polar surface area (TPSA) is 47.3 Å². The second-order valence-electron chi connectivity index (χ2n) is 2.22. The first-order chi connectivity index (χ1) is 4.95. The number of aromatic nitrogens is 1. The van der Waals surface area contributed by atoms with Crippen molar-refractivity contribution in [3.63, 3.8) is 0 Å². The summed E-state index contributed by atoms with van der Waals surface area (Å²) in [7, 11) is 0. The average Bonchev–Trinajstić information content (AvgIpc) is 2.29. The van der Waals surface area contributed by atoms with Crippen LogP contribution < -0.4 is 10.1 Å². The SMILES string of the molecule is c1ncc(OC2CNC2)o1. The van der Waals surface area contributed by atoms with E-state index in [1.54, 1.807) is 6.20 Å². The fourth-order valence-electron chi connectivity index (χ4n) is 0.772. The van der Waals surface area contributed by atoms with Crippen LogP contribution in [0.5, 0.6) is 5.95 Å². The summed E-state index contributed by atoms with van der Waals surface area (Å²) in [5, 5.41) is 3.09. The van der Waals surface area contributed by atoms with E-state index < -0.39 is 0 Å². The van der Waals surface area contributed by atoms with E-state index in [1.165, 1.54) is 6.39 Å². The molecule has 1 aromatic rings. The van der Waals surface area contributed by atoms with Gasteiger partial charge in [0.15, 0.2) is 6.39 Å². The Morgan fingerprint density at radius 3 is 3.10 bits per heavy atom. The molecule has 0 amide bonds. The Morgan fingerprint density at radius 2 is 2.60 bits per heavy atom. The van der Waals surface area contributed by atoms with Gasteiger partial charge < -0.3 is 14.5 Å². The molecular weight excluding hydrogens is 132 g/mol. The summed E-state index contributed by atoms with van der Waals surface area (Å²) in [4.78, 5) is 3.72. The molecule has 1 N–H and O–H groups in total. The second kappa shape index (κ2) is 2.30. The van der Waals surface area contributed by atoms with E-state index in [2.05, 4.69) is 10.3 Å². The molecule has 0 aromatic carbocycles. The van der Waals surface area contributed by atoms with Gasteiger partial charge in [0.1, 0.15) is 12.3 Å². The molecule has 0 unspecified atom stereocenters. The molecule has 0 saturated carbocycles. The molecule has 1 aliphatic rings. The molecule has 4 heteroatoms. The number of nitrogens with zero attached hydrogens (tertiary/aromatic N) is 1. The van der Waals surface area contributed by atoms with E-state index in [4.69, 9.17) is 9.15 Å². The van der Waals surface area contributed by atoms with E-state index in [9.17, 15) is 0 Å². The third-order valence-corrected chi connectivity index (χ3v) is 1.44. The van der Waals surface area contributed by atoms with E-state index in [0.29, 0.717) is 5.95 Å². The molecule has 2 heterocycles. The number of nitrogens with one attached hydrogen (secondary N) is 1. The lowest BCUT2D eigenvalue weighted by Crippen LogP contribution is -2.50. The number of ether oxygens (including phenoxy) is 1. The lowest BCUT2D eigenvalue weighted by molar-refractivity contribution is 0.109. The van der Waals surface area contributed by atoms with Crippen LogP contribution in [0.3, 0.4) is 0 Å². The first kappa shape index (κ1) is 5.73. The van der Waals surface area contributed by atoms with Crippen LogP contribution in [-0.4, -0.2) is 24.2 Å². The minimum absolute atomic E-state index is 0.271. The van der Waals surface area contributed by atoms with Crippen LogP contribution in [0.4, 0.5) is 0 Å². The molecule has 54 valence electrons. The Labute approximate surface area is 58.2 Å². The molecule has 4 nitrogen and oxygen atoms in total. The molecule has 10 heavy (non-hydrogen) atoms. The number of rotatable bonds is 2. The van der Waals surface area contributed by atoms with Gasteiger partial charge in [0, 0.05) is 13.1 Å². The molecule has 0 atom stereocenters. The normalized spacial score (nSPS) is 18.4. The quantitative estimate of drug-likeness (QED) is 0.629. The van der Waals surface area contributed by atoms with Crippen LogP contribution in [0.15, 0.2) is 17.0 Å². The minimum Gasteiger partial charge on any atom is -0.458 e. The van der Waals surface area contributed by atoms with Crippen molar-refractivity contribution in [3.8, 4) is 5.95 Å². The zero-order valence-corrected chi connectivity index (χ0v) is 5.41. The Kier molecular flexibility index (Phi) is 1.32. The predicted octanol–water partition coefficient (Wildman–Crippen LogP) is 0.0252. The van der Waals surface area contributed by atoms with Gasteiger partial charge >= 0.3 is 5.95 Å². The maximum Gasteiger partial charge on any atom is 0.305 e. The van der Waals surface area contributed by atoms with E-state index in [1.807, 2.05) is 0 Å². The van der Waals surface area contributed by atoms with Crippen molar-refractivity contribution >= 4 is 0 Å². The van der Waals surface area contributed by atoms with Crippen molar-refractivity contribution in [1.29, 1.82) is 0 Å². The predicted molar refractivity (Wildman–Crippen MR) is 33.8 cm³/mol. The van der Waals surface area contributed by atoms with Gasteiger partial charge in [0.05, 0.1) is 0 Å². The molecule has 0 radical (unpaired) electrons. The highest BCUT2D eigenvalue weighted by Gasteiger charge is 2.19. The average molecular weight is 140 g/mol. The standard InChI is InChI=1S/C6H8N2O2/c1-5(2-7-1)10-6-3-8-4-9-6/h3-5,7H,1-2H2. The van der Waals surface area contributed by atoms with Gasteiger partial charge in [-0.25, -0.2) is 4.98 Å². The van der Waals surface area contributed by atoms with Crippen LogP contribution in [0.2, 0.25) is 0 Å². The first-order valence-electron chi connectivity index (χ1n) is 3.21. The van der Waals surface area contributed by atoms with Crippen molar-refractivity contribution in [3.05, 3.63) is 12.6 Å². The fraction of sp³-hybridized carbons (Fsp3) is 0.500. The monoisotopic (exact) mass is 140 g/mol. The molecular formula is C6H8N2O2. The molecule has 0 spiro atoms. The smallest absolute Gasteiger partial charge is 0.305 e. The van der Waals surface area contributed by atoms with Crippen LogP contribution in [0.1, 0.15) is 0 Å². The molecule has 1 aromatic heterocycles. The number of hydrogen-bond donors (Lipinski definition) is 1. The molecule has 1 saturated heterocycles. The third kappa shape index (κ3) is 0.974. The largest absolute Gasteiger partial charge is 0.458 e. The summed E-state index contributed by atoms with van der Waals surface area (Å²) in [6.45, 7) is 1.81. The van der Waals surface area contributed by atoms with Gasteiger partial charge in [-0.3, -0.25) is 0 Å². The minimum atomic E-state index is 0.271. The highest BCUT2D eigenvalue weighted by molar-refractivity contribution is 4.97. The van der Waals surface area contributed by atoms with E-state index in [-0.39, 0.29) is 6.10 Å². The van der Waals surface area contributed by atoms with E-state index >= 15 is 0 Å². The Balaban J connectivity index is 1.90. The van der Waals surface area contributed by atoms with Gasteiger partial charge in [-0.15, -0.1) is 0 Å². The van der Waals surface area contributed by atoms with Gasteiger partial charge in [-0.1, -0.05) is 0 Å². The maximum absolute atomic E-state index is 5.30. The molecule has 2 rings (SSSR count). The van der Waals surface area contributed by atoms with Crippen LogP contribution in [0.25, 0.3) is 0 Å². The van der Waals surface area contributed by atoms with Crippen molar-refractivity contribution in [2.75, 3.05) is 13.1 Å². The highest BCUT2D eigenvalue weighted by Crippen LogP contribution is 2.11. The lowest BCUT2D eigenvalue weighted by atomic mass is 10.2. The highest BCUT2D eigenvalue weighted by atomic mass is 16.6. The first-order valence-corrected chi connectivity index (χ1v) is 3.21. The Bertz CT molecular complexity index is 194. The van der Waals surface area contributed by atoms with Gasteiger partial charge in [0.25, 0.3) is 0 Å². The van der Waals surface area contributed by atoms with Crippen molar-refractivity contribution < 1.29 is 9.15 Å². The second-order valence-corrected chi connectivity index (χ2v) is 2.22. The van der Waals surface area contributed by atoms with Crippen LogP contribution in [0, 0.1) is 0 Å². The Morgan fingerprint density at radius 1 is 1.70 bits per heavy atom. The van der Waals surface area contributed by atoms with Crippen LogP contribution in [-0.2, 0) is 0 Å². The van der Waals surface area contributed by atoms with Crippen molar-refractivity contribution in [2.45, 2.75) is 6.10 Å². The summed E-state index contributed by atoms with van der Waals surface area (Å²) in [5.74, 6) is 0.506. The molecule has 1 aliphatic heterocycles. The number of hydrogen-bond acceptors (Lipinski definition) is 4. The Hall–Kier alpha value is -1.03. The zero-order valence-electron chi connectivity index (χ0n) is 5.41. The van der Waals surface area contributed by atoms with Gasteiger partial charge in [-0.2, -0.15) is 0 Å².